The Balaban J connectivity index is 2.21. The van der Waals surface area contributed by atoms with Crippen molar-refractivity contribution in [3.8, 4) is 0 Å². The Morgan fingerprint density at radius 3 is 2.39 bits per heavy atom. The first-order chi connectivity index (χ1) is 8.39. The topological polar surface area (TPSA) is 80.5 Å². The Kier molecular flexibility index (Phi) is 3.76. The average Bonchev–Trinajstić information content (AvgIpc) is 2.28. The first kappa shape index (κ1) is 13.5. The van der Waals surface area contributed by atoms with Crippen LogP contribution < -0.4 is 4.90 Å². The molecule has 1 aromatic rings. The van der Waals surface area contributed by atoms with Crippen LogP contribution in [-0.2, 0) is 9.84 Å². The molecule has 0 atom stereocenters. The average molecular weight is 382 g/mol. The van der Waals surface area contributed by atoms with Crippen LogP contribution in [0.5, 0.6) is 0 Å². The second-order valence-corrected chi connectivity index (χ2v) is 7.50. The van der Waals surface area contributed by atoms with Gasteiger partial charge in [-0.15, -0.1) is 0 Å². The molecular formula is C10H11IN2O4S. The maximum atomic E-state index is 11.3. The molecular weight excluding hydrogens is 371 g/mol. The quantitative estimate of drug-likeness (QED) is 0.439. The first-order valence-corrected chi connectivity index (χ1v) is 8.18. The van der Waals surface area contributed by atoms with Gasteiger partial charge in [-0.05, 0) is 34.7 Å². The van der Waals surface area contributed by atoms with Crippen LogP contribution in [0, 0.1) is 13.7 Å². The Morgan fingerprint density at radius 1 is 1.28 bits per heavy atom. The molecule has 1 aliphatic heterocycles. The maximum absolute atomic E-state index is 11.3. The van der Waals surface area contributed by atoms with Gasteiger partial charge < -0.3 is 4.90 Å². The van der Waals surface area contributed by atoms with Crippen molar-refractivity contribution in [2.75, 3.05) is 29.5 Å². The Morgan fingerprint density at radius 2 is 1.89 bits per heavy atom. The number of halogens is 1. The fourth-order valence-electron chi connectivity index (χ4n) is 1.81. The third-order valence-electron chi connectivity index (χ3n) is 2.84. The van der Waals surface area contributed by atoms with Crippen molar-refractivity contribution >= 4 is 43.8 Å². The minimum absolute atomic E-state index is 0.0731. The van der Waals surface area contributed by atoms with Gasteiger partial charge in [0.1, 0.15) is 0 Å². The summed E-state index contributed by atoms with van der Waals surface area (Å²) in [5, 5.41) is 10.7. The highest BCUT2D eigenvalue weighted by molar-refractivity contribution is 14.1. The zero-order valence-electron chi connectivity index (χ0n) is 9.37. The molecule has 6 nitrogen and oxygen atoms in total. The fourth-order valence-corrected chi connectivity index (χ4v) is 3.71. The molecule has 1 heterocycles. The lowest BCUT2D eigenvalue weighted by molar-refractivity contribution is -0.385. The van der Waals surface area contributed by atoms with E-state index in [0.717, 1.165) is 5.69 Å². The molecule has 1 aliphatic rings. The third kappa shape index (κ3) is 2.91. The second kappa shape index (κ2) is 5.00. The van der Waals surface area contributed by atoms with Crippen molar-refractivity contribution in [1.29, 1.82) is 0 Å². The van der Waals surface area contributed by atoms with Crippen LogP contribution in [0.1, 0.15) is 0 Å². The van der Waals surface area contributed by atoms with Gasteiger partial charge in [0.2, 0.25) is 0 Å². The highest BCUT2D eigenvalue weighted by Gasteiger charge is 2.23. The van der Waals surface area contributed by atoms with Gasteiger partial charge in [0, 0.05) is 24.8 Å². The normalized spacial score (nSPS) is 18.6. The van der Waals surface area contributed by atoms with Gasteiger partial charge in [-0.3, -0.25) is 10.1 Å². The van der Waals surface area contributed by atoms with Gasteiger partial charge in [0.15, 0.2) is 9.84 Å². The summed E-state index contributed by atoms with van der Waals surface area (Å²) < 4.78 is 23.2. The summed E-state index contributed by atoms with van der Waals surface area (Å²) in [5.74, 6) is 0.279. The molecule has 0 aliphatic carbocycles. The summed E-state index contributed by atoms with van der Waals surface area (Å²) in [6, 6.07) is 4.84. The number of anilines is 1. The zero-order chi connectivity index (χ0) is 13.3. The van der Waals surface area contributed by atoms with E-state index in [1.165, 1.54) is 6.07 Å². The molecule has 1 aromatic carbocycles. The molecule has 0 unspecified atom stereocenters. The molecule has 0 aromatic heterocycles. The van der Waals surface area contributed by atoms with E-state index >= 15 is 0 Å². The molecule has 98 valence electrons. The van der Waals surface area contributed by atoms with Gasteiger partial charge in [-0.1, -0.05) is 0 Å². The lowest BCUT2D eigenvalue weighted by atomic mass is 10.2. The molecule has 0 spiro atoms. The van der Waals surface area contributed by atoms with E-state index in [0.29, 0.717) is 16.7 Å². The molecule has 18 heavy (non-hydrogen) atoms. The Hall–Kier alpha value is -0.900. The summed E-state index contributed by atoms with van der Waals surface area (Å²) in [4.78, 5) is 12.2. The fraction of sp³-hybridized carbons (Fsp3) is 0.400. The van der Waals surface area contributed by atoms with E-state index in [9.17, 15) is 18.5 Å². The number of rotatable bonds is 2. The van der Waals surface area contributed by atoms with Gasteiger partial charge in [0.25, 0.3) is 5.69 Å². The predicted octanol–water partition coefficient (Wildman–Crippen LogP) is 1.43. The molecule has 1 fully saturated rings. The summed E-state index contributed by atoms with van der Waals surface area (Å²) in [6.45, 7) is 0.881. The van der Waals surface area contributed by atoms with Gasteiger partial charge in [0.05, 0.1) is 20.0 Å². The number of nitrogens with zero attached hydrogens (tertiary/aromatic N) is 2. The smallest absolute Gasteiger partial charge is 0.282 e. The lowest BCUT2D eigenvalue weighted by Crippen LogP contribution is -2.40. The minimum Gasteiger partial charge on any atom is -0.369 e. The summed E-state index contributed by atoms with van der Waals surface area (Å²) in [5.41, 5.74) is 0.906. The Bertz CT molecular complexity index is 574. The Labute approximate surface area is 118 Å². The first-order valence-electron chi connectivity index (χ1n) is 5.28. The van der Waals surface area contributed by atoms with E-state index < -0.39 is 14.8 Å². The summed E-state index contributed by atoms with van der Waals surface area (Å²) in [6.07, 6.45) is 0. The van der Waals surface area contributed by atoms with E-state index in [-0.39, 0.29) is 17.2 Å². The van der Waals surface area contributed by atoms with Crippen LogP contribution in [0.4, 0.5) is 11.4 Å². The van der Waals surface area contributed by atoms with Gasteiger partial charge in [-0.25, -0.2) is 8.42 Å². The van der Waals surface area contributed by atoms with Crippen LogP contribution in [0.2, 0.25) is 0 Å². The number of nitro benzene ring substituents is 1. The van der Waals surface area contributed by atoms with Crippen molar-refractivity contribution in [3.05, 3.63) is 31.9 Å². The molecule has 2 rings (SSSR count). The van der Waals surface area contributed by atoms with Crippen LogP contribution in [0.25, 0.3) is 0 Å². The van der Waals surface area contributed by atoms with E-state index in [4.69, 9.17) is 0 Å². The van der Waals surface area contributed by atoms with Crippen LogP contribution >= 0.6 is 22.6 Å². The molecule has 0 amide bonds. The number of nitro groups is 1. The van der Waals surface area contributed by atoms with E-state index in [2.05, 4.69) is 0 Å². The molecule has 1 saturated heterocycles. The van der Waals surface area contributed by atoms with Crippen LogP contribution in [0.15, 0.2) is 18.2 Å². The SMILES string of the molecule is O=[N+]([O-])c1ccc(N2CCS(=O)(=O)CC2)cc1I. The number of sulfone groups is 1. The van der Waals surface area contributed by atoms with Gasteiger partial charge in [-0.2, -0.15) is 0 Å². The van der Waals surface area contributed by atoms with Crippen molar-refractivity contribution in [2.45, 2.75) is 0 Å². The number of benzene rings is 1. The molecule has 0 bridgehead atoms. The molecule has 0 N–H and O–H groups in total. The largest absolute Gasteiger partial charge is 0.369 e. The third-order valence-corrected chi connectivity index (χ3v) is 5.31. The lowest BCUT2D eigenvalue weighted by Gasteiger charge is -2.28. The van der Waals surface area contributed by atoms with Crippen LogP contribution in [-0.4, -0.2) is 37.9 Å². The second-order valence-electron chi connectivity index (χ2n) is 4.03. The van der Waals surface area contributed by atoms with Crippen LogP contribution in [0.3, 0.4) is 0 Å². The minimum atomic E-state index is -2.91. The number of hydrogen-bond acceptors (Lipinski definition) is 5. The monoisotopic (exact) mass is 382 g/mol. The van der Waals surface area contributed by atoms with Gasteiger partial charge >= 0.3 is 0 Å². The van der Waals surface area contributed by atoms with E-state index in [1.54, 1.807) is 12.1 Å². The van der Waals surface area contributed by atoms with Crippen molar-refractivity contribution in [3.63, 3.8) is 0 Å². The highest BCUT2D eigenvalue weighted by Crippen LogP contribution is 2.27. The summed E-state index contributed by atoms with van der Waals surface area (Å²) in [7, 11) is -2.91. The number of hydrogen-bond donors (Lipinski definition) is 0. The van der Waals surface area contributed by atoms with Crippen molar-refractivity contribution in [2.24, 2.45) is 0 Å². The molecule has 8 heteroatoms. The maximum Gasteiger partial charge on any atom is 0.282 e. The standard InChI is InChI=1S/C10H11IN2O4S/c11-9-7-8(1-2-10(9)13(14)15)12-3-5-18(16,17)6-4-12/h1-2,7H,3-6H2. The van der Waals surface area contributed by atoms with Crippen molar-refractivity contribution < 1.29 is 13.3 Å². The molecule has 0 saturated carbocycles. The summed E-state index contributed by atoms with van der Waals surface area (Å²) >= 11 is 1.92. The predicted molar refractivity (Wildman–Crippen MR) is 76.7 cm³/mol. The van der Waals surface area contributed by atoms with E-state index in [1.807, 2.05) is 27.5 Å². The molecule has 0 radical (unpaired) electrons. The van der Waals surface area contributed by atoms with Crippen molar-refractivity contribution in [1.82, 2.24) is 0 Å². The highest BCUT2D eigenvalue weighted by atomic mass is 127. The zero-order valence-corrected chi connectivity index (χ0v) is 12.3.